The average molecular weight is 394 g/mol. The van der Waals surface area contributed by atoms with Gasteiger partial charge in [0.15, 0.2) is 0 Å². The Bertz CT molecular complexity index is 725. The number of amides is 3. The molecule has 0 bridgehead atoms. The van der Waals surface area contributed by atoms with Crippen molar-refractivity contribution >= 4 is 29.1 Å². The number of likely N-dealkylation sites (N-methyl/N-ethyl adjacent to an activating group) is 1. The van der Waals surface area contributed by atoms with Crippen molar-refractivity contribution in [3.05, 3.63) is 21.4 Å². The molecule has 0 aromatic carbocycles. The zero-order valence-corrected chi connectivity index (χ0v) is 16.3. The van der Waals surface area contributed by atoms with Crippen molar-refractivity contribution in [2.45, 2.75) is 31.8 Å². The van der Waals surface area contributed by atoms with E-state index in [-0.39, 0.29) is 24.0 Å². The molecule has 0 unspecified atom stereocenters. The summed E-state index contributed by atoms with van der Waals surface area (Å²) in [5, 5.41) is 5.37. The minimum Gasteiger partial charge on any atom is -0.370 e. The first-order valence-corrected chi connectivity index (χ1v) is 10.1. The summed E-state index contributed by atoms with van der Waals surface area (Å²) in [7, 11) is 0. The molecular weight excluding hydrogens is 368 g/mol. The number of hydrogen-bond donors (Lipinski definition) is 3. The summed E-state index contributed by atoms with van der Waals surface area (Å²) in [6.07, 6.45) is 2.37. The maximum absolute atomic E-state index is 12.3. The molecule has 27 heavy (non-hydrogen) atoms. The van der Waals surface area contributed by atoms with Gasteiger partial charge in [0, 0.05) is 30.9 Å². The Hall–Kier alpha value is -1.97. The number of piperidine rings is 1. The van der Waals surface area contributed by atoms with E-state index >= 15 is 0 Å². The van der Waals surface area contributed by atoms with E-state index in [1.54, 1.807) is 0 Å². The number of ether oxygens (including phenoxy) is 1. The van der Waals surface area contributed by atoms with Gasteiger partial charge in [-0.25, -0.2) is 0 Å². The maximum Gasteiger partial charge on any atom is 0.261 e. The molecule has 0 radical (unpaired) electrons. The molecule has 3 amide bonds. The number of carbonyl (C=O) groups is 3. The molecule has 2 aliphatic rings. The van der Waals surface area contributed by atoms with Crippen molar-refractivity contribution in [1.82, 2.24) is 15.5 Å². The van der Waals surface area contributed by atoms with Crippen LogP contribution in [-0.4, -0.2) is 62.0 Å². The number of nitrogens with zero attached hydrogens (tertiary/aromatic N) is 1. The van der Waals surface area contributed by atoms with E-state index in [9.17, 15) is 14.4 Å². The molecule has 1 fully saturated rings. The molecule has 1 spiro atoms. The third-order valence-electron chi connectivity index (χ3n) is 5.06. The number of rotatable bonds is 6. The summed E-state index contributed by atoms with van der Waals surface area (Å²) < 4.78 is 6.20. The summed E-state index contributed by atoms with van der Waals surface area (Å²) in [6.45, 7) is 4.96. The van der Waals surface area contributed by atoms with Gasteiger partial charge in [0.1, 0.15) is 0 Å². The van der Waals surface area contributed by atoms with Gasteiger partial charge in [0.2, 0.25) is 11.8 Å². The van der Waals surface area contributed by atoms with E-state index in [2.05, 4.69) is 15.5 Å². The zero-order valence-electron chi connectivity index (χ0n) is 15.5. The lowest BCUT2D eigenvalue weighted by Gasteiger charge is -2.43. The number of primary amides is 1. The first kappa shape index (κ1) is 19.8. The molecule has 2 aliphatic heterocycles. The highest BCUT2D eigenvalue weighted by atomic mass is 32.1. The van der Waals surface area contributed by atoms with Crippen molar-refractivity contribution in [3.8, 4) is 0 Å². The van der Waals surface area contributed by atoms with Gasteiger partial charge in [0.05, 0.1) is 30.2 Å². The third kappa shape index (κ3) is 4.48. The second kappa shape index (κ2) is 8.37. The van der Waals surface area contributed by atoms with Crippen LogP contribution in [0.1, 0.15) is 39.9 Å². The fraction of sp³-hybridized carbons (Fsp3) is 0.611. The largest absolute Gasteiger partial charge is 0.370 e. The van der Waals surface area contributed by atoms with Gasteiger partial charge in [-0.05, 0) is 31.4 Å². The minimum atomic E-state index is -0.566. The van der Waals surface area contributed by atoms with E-state index in [0.717, 1.165) is 37.9 Å². The van der Waals surface area contributed by atoms with Gasteiger partial charge in [0.25, 0.3) is 5.91 Å². The van der Waals surface area contributed by atoms with Crippen molar-refractivity contribution in [1.29, 1.82) is 0 Å². The lowest BCUT2D eigenvalue weighted by Crippen LogP contribution is -2.48. The van der Waals surface area contributed by atoms with Crippen LogP contribution in [0.4, 0.5) is 0 Å². The highest BCUT2D eigenvalue weighted by Gasteiger charge is 2.42. The average Bonchev–Trinajstić information content (AvgIpc) is 3.08. The first-order chi connectivity index (χ1) is 12.9. The van der Waals surface area contributed by atoms with E-state index in [4.69, 9.17) is 10.5 Å². The molecule has 3 heterocycles. The Kier molecular flexibility index (Phi) is 6.13. The van der Waals surface area contributed by atoms with E-state index in [0.29, 0.717) is 24.6 Å². The molecule has 4 N–H and O–H groups in total. The van der Waals surface area contributed by atoms with Gasteiger partial charge >= 0.3 is 0 Å². The van der Waals surface area contributed by atoms with E-state index < -0.39 is 5.91 Å². The van der Waals surface area contributed by atoms with Gasteiger partial charge in [-0.1, -0.05) is 0 Å². The van der Waals surface area contributed by atoms with Gasteiger partial charge in [-0.3, -0.25) is 19.3 Å². The SMILES string of the molecule is CCNC(=O)CN1CCC2(CC1)OCCc1sc(C(=O)NCC(N)=O)cc12. The Morgan fingerprint density at radius 2 is 2.04 bits per heavy atom. The highest BCUT2D eigenvalue weighted by molar-refractivity contribution is 7.14. The summed E-state index contributed by atoms with van der Waals surface area (Å²) in [4.78, 5) is 38.8. The molecule has 0 saturated carbocycles. The first-order valence-electron chi connectivity index (χ1n) is 9.26. The Balaban J connectivity index is 1.68. The number of fused-ring (bicyclic) bond motifs is 2. The zero-order chi connectivity index (χ0) is 19.4. The quantitative estimate of drug-likeness (QED) is 0.627. The minimum absolute atomic E-state index is 0.0441. The predicted octanol–water partition coefficient (Wildman–Crippen LogP) is -0.0369. The van der Waals surface area contributed by atoms with E-state index in [1.807, 2.05) is 13.0 Å². The number of nitrogens with two attached hydrogens (primary N) is 1. The number of nitrogens with one attached hydrogen (secondary N) is 2. The normalized spacial score (nSPS) is 18.7. The standard InChI is InChI=1S/C18H26N4O4S/c1-2-20-16(24)11-22-6-4-18(5-7-22)12-9-14(17(25)21-10-15(19)23)27-13(12)3-8-26-18/h9H,2-8,10-11H2,1H3,(H2,19,23)(H,20,24)(H,21,25). The second-order valence-corrected chi connectivity index (χ2v) is 8.06. The van der Waals surface area contributed by atoms with Crippen molar-refractivity contribution in [2.24, 2.45) is 5.73 Å². The smallest absolute Gasteiger partial charge is 0.261 e. The molecule has 8 nitrogen and oxygen atoms in total. The van der Waals surface area contributed by atoms with Crippen LogP contribution in [-0.2, 0) is 26.3 Å². The number of hydrogen-bond acceptors (Lipinski definition) is 6. The lowest BCUT2D eigenvalue weighted by atomic mass is 9.82. The van der Waals surface area contributed by atoms with Crippen LogP contribution in [0.5, 0.6) is 0 Å². The Morgan fingerprint density at radius 1 is 1.30 bits per heavy atom. The predicted molar refractivity (Wildman–Crippen MR) is 102 cm³/mol. The van der Waals surface area contributed by atoms with Gasteiger partial charge in [-0.15, -0.1) is 11.3 Å². The van der Waals surface area contributed by atoms with Crippen LogP contribution in [0.2, 0.25) is 0 Å². The van der Waals surface area contributed by atoms with Crippen LogP contribution in [0.15, 0.2) is 6.07 Å². The molecule has 9 heteroatoms. The van der Waals surface area contributed by atoms with Crippen LogP contribution in [0.25, 0.3) is 0 Å². The molecule has 0 atom stereocenters. The van der Waals surface area contributed by atoms with Crippen LogP contribution >= 0.6 is 11.3 Å². The molecular formula is C18H26N4O4S. The number of thiophene rings is 1. The van der Waals surface area contributed by atoms with Crippen molar-refractivity contribution in [2.75, 3.05) is 39.3 Å². The maximum atomic E-state index is 12.3. The second-order valence-electron chi connectivity index (χ2n) is 6.92. The number of carbonyl (C=O) groups excluding carboxylic acids is 3. The van der Waals surface area contributed by atoms with Crippen molar-refractivity contribution in [3.63, 3.8) is 0 Å². The van der Waals surface area contributed by atoms with Gasteiger partial charge < -0.3 is 21.1 Å². The number of likely N-dealkylation sites (tertiary alicyclic amines) is 1. The van der Waals surface area contributed by atoms with Gasteiger partial charge in [-0.2, -0.15) is 0 Å². The molecule has 3 rings (SSSR count). The molecule has 1 saturated heterocycles. The topological polar surface area (TPSA) is 114 Å². The third-order valence-corrected chi connectivity index (χ3v) is 6.25. The lowest BCUT2D eigenvalue weighted by molar-refractivity contribution is -0.126. The van der Waals surface area contributed by atoms with E-state index in [1.165, 1.54) is 16.2 Å². The molecule has 148 valence electrons. The summed E-state index contributed by atoms with van der Waals surface area (Å²) in [5.74, 6) is -0.802. The monoisotopic (exact) mass is 394 g/mol. The van der Waals surface area contributed by atoms with Crippen molar-refractivity contribution < 1.29 is 19.1 Å². The summed E-state index contributed by atoms with van der Waals surface area (Å²) in [5.41, 5.74) is 5.79. The summed E-state index contributed by atoms with van der Waals surface area (Å²) >= 11 is 1.46. The fourth-order valence-corrected chi connectivity index (χ4v) is 4.87. The fourth-order valence-electron chi connectivity index (χ4n) is 3.73. The van der Waals surface area contributed by atoms with Crippen LogP contribution < -0.4 is 16.4 Å². The molecule has 1 aromatic heterocycles. The van der Waals surface area contributed by atoms with Crippen LogP contribution in [0, 0.1) is 0 Å². The highest BCUT2D eigenvalue weighted by Crippen LogP contribution is 2.44. The Labute approximate surface area is 162 Å². The molecule has 1 aromatic rings. The van der Waals surface area contributed by atoms with Crippen LogP contribution in [0.3, 0.4) is 0 Å². The Morgan fingerprint density at radius 3 is 2.70 bits per heavy atom. The summed E-state index contributed by atoms with van der Waals surface area (Å²) in [6, 6.07) is 1.90. The molecule has 0 aliphatic carbocycles.